The number of alkyl halides is 2. The topological polar surface area (TPSA) is 25.8 Å². The van der Waals surface area contributed by atoms with E-state index in [0.717, 1.165) is 15.8 Å². The first-order valence-electron chi connectivity index (χ1n) is 6.43. The van der Waals surface area contributed by atoms with Crippen LogP contribution in [-0.2, 0) is 0 Å². The van der Waals surface area contributed by atoms with Crippen LogP contribution in [-0.4, -0.2) is 9.97 Å². The first-order chi connectivity index (χ1) is 10.1. The van der Waals surface area contributed by atoms with Gasteiger partial charge in [-0.05, 0) is 25.1 Å². The van der Waals surface area contributed by atoms with Crippen LogP contribution >= 0.6 is 11.8 Å². The monoisotopic (exact) mass is 302 g/mol. The van der Waals surface area contributed by atoms with E-state index in [1.54, 1.807) is 12.1 Å². The van der Waals surface area contributed by atoms with Gasteiger partial charge in [0.05, 0.1) is 5.52 Å². The van der Waals surface area contributed by atoms with E-state index >= 15 is 0 Å². The minimum absolute atomic E-state index is 0.427. The lowest BCUT2D eigenvalue weighted by Gasteiger charge is -2.08. The minimum atomic E-state index is -2.67. The van der Waals surface area contributed by atoms with Gasteiger partial charge in [-0.1, -0.05) is 47.7 Å². The lowest BCUT2D eigenvalue weighted by molar-refractivity contribution is 0.140. The average Bonchev–Trinajstić information content (AvgIpc) is 2.49. The molecule has 0 aliphatic carbocycles. The van der Waals surface area contributed by atoms with Gasteiger partial charge in [-0.25, -0.2) is 18.7 Å². The van der Waals surface area contributed by atoms with Crippen LogP contribution in [0.4, 0.5) is 8.78 Å². The Morgan fingerprint density at radius 1 is 0.952 bits per heavy atom. The molecule has 0 N–H and O–H groups in total. The van der Waals surface area contributed by atoms with Gasteiger partial charge in [0.1, 0.15) is 5.03 Å². The molecular weight excluding hydrogens is 290 g/mol. The highest BCUT2D eigenvalue weighted by molar-refractivity contribution is 7.99. The number of halogens is 2. The molecule has 0 aliphatic rings. The number of para-hydroxylation sites is 1. The molecule has 0 bridgehead atoms. The normalized spacial score (nSPS) is 11.2. The molecule has 0 amide bonds. The zero-order valence-electron chi connectivity index (χ0n) is 11.3. The Balaban J connectivity index is 2.09. The molecule has 106 valence electrons. The zero-order valence-corrected chi connectivity index (χ0v) is 12.1. The summed E-state index contributed by atoms with van der Waals surface area (Å²) >= 11 is 1.37. The Morgan fingerprint density at radius 3 is 2.38 bits per heavy atom. The van der Waals surface area contributed by atoms with Crippen LogP contribution in [0.5, 0.6) is 0 Å². The van der Waals surface area contributed by atoms with Crippen molar-refractivity contribution in [3.05, 3.63) is 59.9 Å². The SMILES string of the molecule is Cc1ccc(Sc2nc(C(F)F)nc3ccccc23)cc1. The summed E-state index contributed by atoms with van der Waals surface area (Å²) in [6.45, 7) is 2.00. The van der Waals surface area contributed by atoms with Gasteiger partial charge in [0.2, 0.25) is 0 Å². The number of aryl methyl sites for hydroxylation is 1. The van der Waals surface area contributed by atoms with E-state index in [2.05, 4.69) is 9.97 Å². The largest absolute Gasteiger partial charge is 0.297 e. The van der Waals surface area contributed by atoms with E-state index < -0.39 is 12.2 Å². The van der Waals surface area contributed by atoms with Crippen molar-refractivity contribution in [3.8, 4) is 0 Å². The van der Waals surface area contributed by atoms with Gasteiger partial charge >= 0.3 is 0 Å². The average molecular weight is 302 g/mol. The first-order valence-corrected chi connectivity index (χ1v) is 7.24. The summed E-state index contributed by atoms with van der Waals surface area (Å²) in [5.74, 6) is -0.427. The Kier molecular flexibility index (Phi) is 3.84. The van der Waals surface area contributed by atoms with Crippen LogP contribution < -0.4 is 0 Å². The van der Waals surface area contributed by atoms with Gasteiger partial charge in [0, 0.05) is 10.3 Å². The third-order valence-electron chi connectivity index (χ3n) is 3.02. The number of hydrogen-bond acceptors (Lipinski definition) is 3. The summed E-state index contributed by atoms with van der Waals surface area (Å²) in [5, 5.41) is 1.34. The van der Waals surface area contributed by atoms with Gasteiger partial charge in [-0.2, -0.15) is 0 Å². The van der Waals surface area contributed by atoms with Crippen molar-refractivity contribution in [3.63, 3.8) is 0 Å². The maximum absolute atomic E-state index is 12.9. The molecule has 0 unspecified atom stereocenters. The molecule has 2 aromatic carbocycles. The van der Waals surface area contributed by atoms with Crippen LogP contribution in [0.25, 0.3) is 10.9 Å². The second-order valence-corrected chi connectivity index (χ2v) is 5.68. The van der Waals surface area contributed by atoms with Gasteiger partial charge < -0.3 is 0 Å². The van der Waals surface area contributed by atoms with Crippen molar-refractivity contribution in [2.24, 2.45) is 0 Å². The summed E-state index contributed by atoms with van der Waals surface area (Å²) in [7, 11) is 0. The number of nitrogens with zero attached hydrogens (tertiary/aromatic N) is 2. The summed E-state index contributed by atoms with van der Waals surface area (Å²) in [4.78, 5) is 8.90. The van der Waals surface area contributed by atoms with Crippen molar-refractivity contribution in [2.45, 2.75) is 23.3 Å². The molecule has 0 saturated carbocycles. The van der Waals surface area contributed by atoms with Crippen LogP contribution in [0.15, 0.2) is 58.5 Å². The highest BCUT2D eigenvalue weighted by atomic mass is 32.2. The fraction of sp³-hybridized carbons (Fsp3) is 0.125. The van der Waals surface area contributed by atoms with E-state index in [9.17, 15) is 8.78 Å². The summed E-state index contributed by atoms with van der Waals surface area (Å²) in [6, 6.07) is 15.1. The van der Waals surface area contributed by atoms with Crippen LogP contribution in [0, 0.1) is 6.92 Å². The van der Waals surface area contributed by atoms with Crippen LogP contribution in [0.2, 0.25) is 0 Å². The van der Waals surface area contributed by atoms with E-state index in [0.29, 0.717) is 10.5 Å². The predicted octanol–water partition coefficient (Wildman–Crippen LogP) is 5.03. The van der Waals surface area contributed by atoms with E-state index in [1.165, 1.54) is 11.8 Å². The predicted molar refractivity (Wildman–Crippen MR) is 79.8 cm³/mol. The van der Waals surface area contributed by atoms with Crippen LogP contribution in [0.3, 0.4) is 0 Å². The summed E-state index contributed by atoms with van der Waals surface area (Å²) in [5.41, 5.74) is 1.69. The third-order valence-corrected chi connectivity index (χ3v) is 4.03. The van der Waals surface area contributed by atoms with Crippen LogP contribution in [0.1, 0.15) is 17.8 Å². The Morgan fingerprint density at radius 2 is 1.67 bits per heavy atom. The molecule has 5 heteroatoms. The third kappa shape index (κ3) is 3.03. The Bertz CT molecular complexity index is 773. The molecule has 2 nitrogen and oxygen atoms in total. The lowest BCUT2D eigenvalue weighted by Crippen LogP contribution is -1.98. The molecule has 3 aromatic rings. The van der Waals surface area contributed by atoms with Crippen molar-refractivity contribution < 1.29 is 8.78 Å². The lowest BCUT2D eigenvalue weighted by atomic mass is 10.2. The summed E-state index contributed by atoms with van der Waals surface area (Å²) in [6.07, 6.45) is -2.67. The number of benzene rings is 2. The van der Waals surface area contributed by atoms with Crippen molar-refractivity contribution in [1.29, 1.82) is 0 Å². The molecule has 21 heavy (non-hydrogen) atoms. The smallest absolute Gasteiger partial charge is 0.227 e. The Hall–Kier alpha value is -2.01. The molecule has 1 heterocycles. The van der Waals surface area contributed by atoms with Crippen molar-refractivity contribution in [1.82, 2.24) is 9.97 Å². The fourth-order valence-corrected chi connectivity index (χ4v) is 2.88. The zero-order chi connectivity index (χ0) is 14.8. The highest BCUT2D eigenvalue weighted by Gasteiger charge is 2.15. The van der Waals surface area contributed by atoms with E-state index in [-0.39, 0.29) is 0 Å². The molecule has 0 radical (unpaired) electrons. The highest BCUT2D eigenvalue weighted by Crippen LogP contribution is 2.32. The molecule has 0 spiro atoms. The van der Waals surface area contributed by atoms with Gasteiger partial charge in [0.25, 0.3) is 6.43 Å². The fourth-order valence-electron chi connectivity index (χ4n) is 1.96. The quantitative estimate of drug-likeness (QED) is 0.635. The standard InChI is InChI=1S/C16H12F2N2S/c1-10-6-8-11(9-7-10)21-16-12-4-2-3-5-13(12)19-15(20-16)14(17)18/h2-9,14H,1H3. The Labute approximate surface area is 125 Å². The van der Waals surface area contributed by atoms with Gasteiger partial charge in [0.15, 0.2) is 5.82 Å². The van der Waals surface area contributed by atoms with Crippen molar-refractivity contribution >= 4 is 22.7 Å². The molecule has 3 rings (SSSR count). The molecule has 0 fully saturated rings. The number of hydrogen-bond donors (Lipinski definition) is 0. The van der Waals surface area contributed by atoms with Gasteiger partial charge in [-0.15, -0.1) is 0 Å². The molecule has 0 atom stereocenters. The van der Waals surface area contributed by atoms with Crippen molar-refractivity contribution in [2.75, 3.05) is 0 Å². The van der Waals surface area contributed by atoms with E-state index in [1.807, 2.05) is 43.3 Å². The molecule has 1 aromatic heterocycles. The molecular formula is C16H12F2N2S. The first kappa shape index (κ1) is 13.9. The summed E-state index contributed by atoms with van der Waals surface area (Å²) < 4.78 is 25.9. The number of rotatable bonds is 3. The van der Waals surface area contributed by atoms with E-state index in [4.69, 9.17) is 0 Å². The molecule has 0 saturated heterocycles. The number of aromatic nitrogens is 2. The number of fused-ring (bicyclic) bond motifs is 1. The maximum Gasteiger partial charge on any atom is 0.297 e. The second-order valence-electron chi connectivity index (χ2n) is 4.62. The molecule has 0 aliphatic heterocycles. The van der Waals surface area contributed by atoms with Gasteiger partial charge in [-0.3, -0.25) is 0 Å². The maximum atomic E-state index is 12.9. The minimum Gasteiger partial charge on any atom is -0.227 e. The second kappa shape index (κ2) is 5.77.